The van der Waals surface area contributed by atoms with Gasteiger partial charge in [0.2, 0.25) is 5.89 Å². The molecule has 3 heterocycles. The topological polar surface area (TPSA) is 97.8 Å². The molecule has 2 aliphatic rings. The number of nitrogens with zero attached hydrogens (tertiary/aromatic N) is 5. The summed E-state index contributed by atoms with van der Waals surface area (Å²) in [4.78, 5) is 13.6. The third-order valence-corrected chi connectivity index (χ3v) is 7.84. The standard InChI is InChI=1S/C26H23F2N5O2/c1-13(34)20-12-35-24(31-20)19-10-29-11-21(30-19)26-8-7-15(25(26,2)3)14-9-18(32-33-23(14)26)22-16(27)5-4-6-17(22)28/h4-6,9-13,15,34H,7-8H2,1-3H3/t13-,15+,26+/m1/s1. The molecule has 35 heavy (non-hydrogen) atoms. The Morgan fingerprint density at radius 3 is 2.57 bits per heavy atom. The van der Waals surface area contributed by atoms with Crippen LogP contribution in [0.5, 0.6) is 0 Å². The van der Waals surface area contributed by atoms with Gasteiger partial charge in [-0.15, -0.1) is 5.10 Å². The van der Waals surface area contributed by atoms with Crippen molar-refractivity contribution in [3.05, 3.63) is 77.2 Å². The lowest BCUT2D eigenvalue weighted by Gasteiger charge is -2.37. The molecule has 0 spiro atoms. The van der Waals surface area contributed by atoms with Gasteiger partial charge in [-0.25, -0.2) is 18.7 Å². The lowest BCUT2D eigenvalue weighted by molar-refractivity contribution is 0.194. The summed E-state index contributed by atoms with van der Waals surface area (Å²) in [6.45, 7) is 5.95. The number of rotatable bonds is 4. The van der Waals surface area contributed by atoms with Crippen LogP contribution in [0.1, 0.15) is 68.3 Å². The minimum atomic E-state index is -0.762. The Labute approximate surface area is 200 Å². The molecule has 1 fully saturated rings. The minimum Gasteiger partial charge on any atom is -0.443 e. The normalized spacial score (nSPS) is 22.9. The third kappa shape index (κ3) is 2.94. The van der Waals surface area contributed by atoms with E-state index in [1.807, 2.05) is 0 Å². The maximum Gasteiger partial charge on any atom is 0.247 e. The third-order valence-electron chi connectivity index (χ3n) is 7.84. The van der Waals surface area contributed by atoms with Crippen LogP contribution < -0.4 is 0 Å². The Hall–Kier alpha value is -3.59. The average Bonchev–Trinajstić information content (AvgIpc) is 3.48. The number of hydrogen-bond donors (Lipinski definition) is 1. The van der Waals surface area contributed by atoms with Gasteiger partial charge >= 0.3 is 0 Å². The van der Waals surface area contributed by atoms with Crippen molar-refractivity contribution in [2.24, 2.45) is 5.41 Å². The quantitative estimate of drug-likeness (QED) is 0.437. The highest BCUT2D eigenvalue weighted by molar-refractivity contribution is 5.64. The highest BCUT2D eigenvalue weighted by atomic mass is 19.1. The van der Waals surface area contributed by atoms with Gasteiger partial charge in [0, 0.05) is 6.20 Å². The van der Waals surface area contributed by atoms with Crippen LogP contribution in [-0.4, -0.2) is 30.3 Å². The van der Waals surface area contributed by atoms with E-state index in [1.165, 1.54) is 24.5 Å². The van der Waals surface area contributed by atoms with Gasteiger partial charge in [0.05, 0.1) is 40.4 Å². The van der Waals surface area contributed by atoms with E-state index in [4.69, 9.17) is 9.40 Å². The number of fused-ring (bicyclic) bond motifs is 5. The number of oxazole rings is 1. The monoisotopic (exact) mass is 475 g/mol. The summed E-state index contributed by atoms with van der Waals surface area (Å²) in [5.41, 5.74) is 2.44. The van der Waals surface area contributed by atoms with Gasteiger partial charge in [-0.2, -0.15) is 5.10 Å². The summed E-state index contributed by atoms with van der Waals surface area (Å²) >= 11 is 0. The molecule has 178 valence electrons. The maximum atomic E-state index is 14.5. The molecular formula is C26H23F2N5O2. The van der Waals surface area contributed by atoms with Crippen molar-refractivity contribution in [3.63, 3.8) is 0 Å². The summed E-state index contributed by atoms with van der Waals surface area (Å²) in [7, 11) is 0. The number of benzene rings is 1. The fourth-order valence-electron chi connectivity index (χ4n) is 6.03. The van der Waals surface area contributed by atoms with Gasteiger partial charge < -0.3 is 9.52 Å². The first-order valence-corrected chi connectivity index (χ1v) is 11.5. The predicted octanol–water partition coefficient (Wildman–Crippen LogP) is 5.12. The van der Waals surface area contributed by atoms with Crippen LogP contribution >= 0.6 is 0 Å². The minimum absolute atomic E-state index is 0.121. The molecule has 0 saturated heterocycles. The molecule has 4 aromatic rings. The molecule has 0 radical (unpaired) electrons. The van der Waals surface area contributed by atoms with E-state index in [0.717, 1.165) is 29.8 Å². The first kappa shape index (κ1) is 21.9. The summed E-state index contributed by atoms with van der Waals surface area (Å²) in [5.74, 6) is -0.945. The lowest BCUT2D eigenvalue weighted by Crippen LogP contribution is -2.38. The van der Waals surface area contributed by atoms with E-state index in [9.17, 15) is 13.9 Å². The highest BCUT2D eigenvalue weighted by Crippen LogP contribution is 2.69. The average molecular weight is 475 g/mol. The van der Waals surface area contributed by atoms with Crippen LogP contribution in [-0.2, 0) is 5.41 Å². The molecule has 3 aromatic heterocycles. The van der Waals surface area contributed by atoms with Gasteiger partial charge in [-0.1, -0.05) is 19.9 Å². The number of halogens is 2. The fourth-order valence-corrected chi connectivity index (χ4v) is 6.03. The van der Waals surface area contributed by atoms with E-state index < -0.39 is 23.2 Å². The zero-order chi connectivity index (χ0) is 24.5. The fraction of sp³-hybridized carbons (Fsp3) is 0.346. The van der Waals surface area contributed by atoms with Gasteiger partial charge in [0.15, 0.2) is 0 Å². The molecule has 1 N–H and O–H groups in total. The van der Waals surface area contributed by atoms with Gasteiger partial charge in [0.25, 0.3) is 0 Å². The first-order valence-electron chi connectivity index (χ1n) is 11.5. The summed E-state index contributed by atoms with van der Waals surface area (Å²) in [6, 6.07) is 5.55. The van der Waals surface area contributed by atoms with Crippen LogP contribution in [0, 0.1) is 17.0 Å². The SMILES string of the molecule is C[C@@H](O)c1coc(-c2cncc([C@@]34CC[C@@H](c5cc(-c6c(F)cccc6F)nnc53)C4(C)C)n2)n1. The predicted molar refractivity (Wildman–Crippen MR) is 122 cm³/mol. The molecule has 0 aliphatic heterocycles. The van der Waals surface area contributed by atoms with Crippen molar-refractivity contribution >= 4 is 0 Å². The van der Waals surface area contributed by atoms with Gasteiger partial charge in [0.1, 0.15) is 29.3 Å². The molecule has 0 amide bonds. The molecule has 7 nitrogen and oxygen atoms in total. The Balaban J connectivity index is 1.49. The van der Waals surface area contributed by atoms with Crippen LogP contribution in [0.15, 0.2) is 47.3 Å². The van der Waals surface area contributed by atoms with Crippen LogP contribution in [0.3, 0.4) is 0 Å². The Kier molecular flexibility index (Phi) is 4.67. The van der Waals surface area contributed by atoms with Gasteiger partial charge in [-0.05, 0) is 54.9 Å². The molecule has 1 saturated carbocycles. The molecule has 2 bridgehead atoms. The van der Waals surface area contributed by atoms with E-state index in [2.05, 4.69) is 34.0 Å². The van der Waals surface area contributed by atoms with E-state index >= 15 is 0 Å². The molecule has 2 aliphatic carbocycles. The smallest absolute Gasteiger partial charge is 0.247 e. The van der Waals surface area contributed by atoms with E-state index in [1.54, 1.807) is 25.4 Å². The van der Waals surface area contributed by atoms with Crippen molar-refractivity contribution in [1.82, 2.24) is 25.1 Å². The number of aliphatic hydroxyl groups excluding tert-OH is 1. The largest absolute Gasteiger partial charge is 0.443 e. The summed E-state index contributed by atoms with van der Waals surface area (Å²) in [6.07, 6.45) is 5.62. The number of aromatic nitrogens is 5. The Bertz CT molecular complexity index is 1450. The zero-order valence-corrected chi connectivity index (χ0v) is 19.5. The molecule has 1 aromatic carbocycles. The van der Waals surface area contributed by atoms with E-state index in [0.29, 0.717) is 11.4 Å². The number of aliphatic hydroxyl groups is 1. The second-order valence-electron chi connectivity index (χ2n) is 9.89. The van der Waals surface area contributed by atoms with Crippen molar-refractivity contribution < 1.29 is 18.3 Å². The maximum absolute atomic E-state index is 14.5. The molecule has 9 heteroatoms. The second kappa shape index (κ2) is 7.45. The van der Waals surface area contributed by atoms with Crippen molar-refractivity contribution in [2.45, 2.75) is 51.0 Å². The van der Waals surface area contributed by atoms with Crippen LogP contribution in [0.25, 0.3) is 22.8 Å². The van der Waals surface area contributed by atoms with E-state index in [-0.39, 0.29) is 28.5 Å². The molecule has 6 rings (SSSR count). The second-order valence-corrected chi connectivity index (χ2v) is 9.89. The van der Waals surface area contributed by atoms with Crippen molar-refractivity contribution in [2.75, 3.05) is 0 Å². The van der Waals surface area contributed by atoms with Gasteiger partial charge in [-0.3, -0.25) is 4.98 Å². The summed E-state index contributed by atoms with van der Waals surface area (Å²) in [5, 5.41) is 18.6. The Morgan fingerprint density at radius 1 is 1.09 bits per heavy atom. The molecule has 3 atom stereocenters. The molecular weight excluding hydrogens is 452 g/mol. The molecule has 0 unspecified atom stereocenters. The zero-order valence-electron chi connectivity index (χ0n) is 19.5. The highest BCUT2D eigenvalue weighted by Gasteiger charge is 2.65. The van der Waals surface area contributed by atoms with Crippen molar-refractivity contribution in [3.8, 4) is 22.8 Å². The lowest BCUT2D eigenvalue weighted by atomic mass is 9.66. The Morgan fingerprint density at radius 2 is 1.86 bits per heavy atom. The first-order chi connectivity index (χ1) is 16.7. The summed E-state index contributed by atoms with van der Waals surface area (Å²) < 4.78 is 34.5. The number of hydrogen-bond acceptors (Lipinski definition) is 7. The van der Waals surface area contributed by atoms with Crippen LogP contribution in [0.4, 0.5) is 8.78 Å². The van der Waals surface area contributed by atoms with Crippen molar-refractivity contribution in [1.29, 1.82) is 0 Å². The van der Waals surface area contributed by atoms with Crippen LogP contribution in [0.2, 0.25) is 0 Å².